The number of carbonyl (C=O) groups excluding carboxylic acids is 2. The molecule has 4 rings (SSSR count). The zero-order chi connectivity index (χ0) is 23.5. The first kappa shape index (κ1) is 22.5. The molecule has 0 radical (unpaired) electrons. The van der Waals surface area contributed by atoms with Gasteiger partial charge in [0, 0.05) is 21.2 Å². The standard InChI is InChI=1S/C25H24N2O5S/c1-4-20-14(3)22(25(30)31-5-2)24(33-20)27-21(28)13-32-15-10-11-19-17(12-15)23(29)16-8-6-7-9-18(16)26-19/h6-12H,4-5,13H2,1-3H3,(H,26,29)(H,27,28). The Morgan fingerprint density at radius 1 is 1.06 bits per heavy atom. The maximum atomic E-state index is 12.8. The molecule has 0 aliphatic rings. The van der Waals surface area contributed by atoms with Crippen LogP contribution in [-0.2, 0) is 16.0 Å². The lowest BCUT2D eigenvalue weighted by Crippen LogP contribution is -2.21. The first-order valence-corrected chi connectivity index (χ1v) is 11.5. The monoisotopic (exact) mass is 464 g/mol. The Morgan fingerprint density at radius 3 is 2.58 bits per heavy atom. The number of nitrogens with one attached hydrogen (secondary N) is 2. The third-order valence-corrected chi connectivity index (χ3v) is 6.70. The van der Waals surface area contributed by atoms with Gasteiger partial charge < -0.3 is 19.8 Å². The summed E-state index contributed by atoms with van der Waals surface area (Å²) in [4.78, 5) is 42.1. The van der Waals surface area contributed by atoms with Gasteiger partial charge in [-0.3, -0.25) is 9.59 Å². The second kappa shape index (κ2) is 9.46. The molecule has 2 heterocycles. The smallest absolute Gasteiger partial charge is 0.341 e. The van der Waals surface area contributed by atoms with E-state index in [1.807, 2.05) is 32.0 Å². The molecule has 0 unspecified atom stereocenters. The van der Waals surface area contributed by atoms with Crippen LogP contribution in [0.25, 0.3) is 21.8 Å². The molecule has 0 aliphatic heterocycles. The van der Waals surface area contributed by atoms with Gasteiger partial charge in [0.25, 0.3) is 5.91 Å². The number of rotatable bonds is 7. The quantitative estimate of drug-likeness (QED) is 0.302. The number of thiophene rings is 1. The number of carbonyl (C=O) groups is 2. The Morgan fingerprint density at radius 2 is 1.82 bits per heavy atom. The van der Waals surface area contributed by atoms with Crippen LogP contribution in [0.4, 0.5) is 5.00 Å². The number of aryl methyl sites for hydroxylation is 1. The summed E-state index contributed by atoms with van der Waals surface area (Å²) in [6.07, 6.45) is 0.746. The van der Waals surface area contributed by atoms with Crippen molar-refractivity contribution in [1.29, 1.82) is 0 Å². The third kappa shape index (κ3) is 4.47. The fourth-order valence-corrected chi connectivity index (χ4v) is 4.89. The molecular formula is C25H24N2O5S. The van der Waals surface area contributed by atoms with E-state index in [1.54, 1.807) is 31.2 Å². The number of H-pyrrole nitrogens is 1. The van der Waals surface area contributed by atoms with Crippen molar-refractivity contribution < 1.29 is 19.1 Å². The number of fused-ring (bicyclic) bond motifs is 2. The van der Waals surface area contributed by atoms with Gasteiger partial charge in [-0.1, -0.05) is 19.1 Å². The summed E-state index contributed by atoms with van der Waals surface area (Å²) in [5.74, 6) is -0.458. The largest absolute Gasteiger partial charge is 0.484 e. The van der Waals surface area contributed by atoms with Crippen LogP contribution in [0.3, 0.4) is 0 Å². The molecule has 0 fully saturated rings. The Labute approximate surface area is 194 Å². The van der Waals surface area contributed by atoms with Crippen LogP contribution in [0.5, 0.6) is 5.75 Å². The van der Waals surface area contributed by atoms with Crippen molar-refractivity contribution in [1.82, 2.24) is 4.98 Å². The van der Waals surface area contributed by atoms with Crippen LogP contribution >= 0.6 is 11.3 Å². The Balaban J connectivity index is 1.52. The second-order valence-electron chi connectivity index (χ2n) is 7.47. The molecular weight excluding hydrogens is 440 g/mol. The number of hydrogen-bond donors (Lipinski definition) is 2. The molecule has 4 aromatic rings. The number of benzene rings is 2. The van der Waals surface area contributed by atoms with Gasteiger partial charge in [-0.15, -0.1) is 11.3 Å². The van der Waals surface area contributed by atoms with E-state index in [0.717, 1.165) is 22.4 Å². The molecule has 7 nitrogen and oxygen atoms in total. The predicted octanol–water partition coefficient (Wildman–Crippen LogP) is 4.81. The number of ether oxygens (including phenoxy) is 2. The summed E-state index contributed by atoms with van der Waals surface area (Å²) in [6, 6.07) is 12.4. The van der Waals surface area contributed by atoms with Crippen molar-refractivity contribution in [2.45, 2.75) is 27.2 Å². The first-order valence-electron chi connectivity index (χ1n) is 10.7. The fourth-order valence-electron chi connectivity index (χ4n) is 3.74. The summed E-state index contributed by atoms with van der Waals surface area (Å²) < 4.78 is 10.8. The molecule has 0 bridgehead atoms. The third-order valence-electron chi connectivity index (χ3n) is 5.35. The van der Waals surface area contributed by atoms with Crippen LogP contribution in [0.1, 0.15) is 34.6 Å². The van der Waals surface area contributed by atoms with Crippen LogP contribution in [0.15, 0.2) is 47.3 Å². The number of esters is 1. The molecule has 1 amide bonds. The van der Waals surface area contributed by atoms with Crippen LogP contribution < -0.4 is 15.5 Å². The highest BCUT2D eigenvalue weighted by molar-refractivity contribution is 7.17. The van der Waals surface area contributed by atoms with Gasteiger partial charge in [0.1, 0.15) is 10.8 Å². The lowest BCUT2D eigenvalue weighted by atomic mass is 10.1. The van der Waals surface area contributed by atoms with Gasteiger partial charge in [0.05, 0.1) is 17.7 Å². The summed E-state index contributed by atoms with van der Waals surface area (Å²) in [6.45, 7) is 5.57. The van der Waals surface area contributed by atoms with E-state index in [0.29, 0.717) is 32.6 Å². The zero-order valence-corrected chi connectivity index (χ0v) is 19.4. The van der Waals surface area contributed by atoms with Gasteiger partial charge in [-0.2, -0.15) is 0 Å². The van der Waals surface area contributed by atoms with E-state index in [2.05, 4.69) is 10.3 Å². The molecule has 2 aromatic heterocycles. The van der Waals surface area contributed by atoms with E-state index in [1.165, 1.54) is 11.3 Å². The molecule has 33 heavy (non-hydrogen) atoms. The van der Waals surface area contributed by atoms with Crippen LogP contribution in [0.2, 0.25) is 0 Å². The normalized spacial score (nSPS) is 11.0. The van der Waals surface area contributed by atoms with Crippen LogP contribution in [0, 0.1) is 6.92 Å². The number of pyridine rings is 1. The summed E-state index contributed by atoms with van der Waals surface area (Å²) >= 11 is 1.36. The first-order chi connectivity index (χ1) is 15.9. The van der Waals surface area contributed by atoms with E-state index >= 15 is 0 Å². The van der Waals surface area contributed by atoms with Crippen molar-refractivity contribution in [3.8, 4) is 5.75 Å². The van der Waals surface area contributed by atoms with E-state index < -0.39 is 11.9 Å². The van der Waals surface area contributed by atoms with Gasteiger partial charge >= 0.3 is 5.97 Å². The molecule has 170 valence electrons. The summed E-state index contributed by atoms with van der Waals surface area (Å²) in [5, 5.41) is 4.30. The molecule has 0 spiro atoms. The lowest BCUT2D eigenvalue weighted by Gasteiger charge is -2.09. The maximum Gasteiger partial charge on any atom is 0.341 e. The number of hydrogen-bond acceptors (Lipinski definition) is 6. The molecule has 0 saturated carbocycles. The minimum atomic E-state index is -0.455. The van der Waals surface area contributed by atoms with Crippen molar-refractivity contribution in [2.24, 2.45) is 0 Å². The molecule has 2 N–H and O–H groups in total. The zero-order valence-electron chi connectivity index (χ0n) is 18.6. The van der Waals surface area contributed by atoms with Gasteiger partial charge in [-0.25, -0.2) is 4.79 Å². The number of aromatic nitrogens is 1. The van der Waals surface area contributed by atoms with Crippen molar-refractivity contribution >= 4 is 50.0 Å². The maximum absolute atomic E-state index is 12.8. The molecule has 0 atom stereocenters. The highest BCUT2D eigenvalue weighted by atomic mass is 32.1. The average Bonchev–Trinajstić information content (AvgIpc) is 3.13. The summed E-state index contributed by atoms with van der Waals surface area (Å²) in [7, 11) is 0. The predicted molar refractivity (Wildman–Crippen MR) is 131 cm³/mol. The van der Waals surface area contributed by atoms with Crippen molar-refractivity contribution in [3.63, 3.8) is 0 Å². The highest BCUT2D eigenvalue weighted by Crippen LogP contribution is 2.34. The van der Waals surface area contributed by atoms with Gasteiger partial charge in [0.15, 0.2) is 12.0 Å². The Bertz CT molecular complexity index is 1420. The number of anilines is 1. The Hall–Kier alpha value is -3.65. The SMILES string of the molecule is CCOC(=O)c1c(NC(=O)COc2ccc3[nH]c4ccccc4c(=O)c3c2)sc(CC)c1C. The lowest BCUT2D eigenvalue weighted by molar-refractivity contribution is -0.118. The minimum Gasteiger partial charge on any atom is -0.484 e. The van der Waals surface area contributed by atoms with Crippen molar-refractivity contribution in [3.05, 3.63) is 68.7 Å². The number of amides is 1. The van der Waals surface area contributed by atoms with Gasteiger partial charge in [-0.05, 0) is 56.2 Å². The van der Waals surface area contributed by atoms with Crippen molar-refractivity contribution in [2.75, 3.05) is 18.5 Å². The Kier molecular flexibility index (Phi) is 6.46. The highest BCUT2D eigenvalue weighted by Gasteiger charge is 2.23. The summed E-state index contributed by atoms with van der Waals surface area (Å²) in [5.41, 5.74) is 2.55. The fraction of sp³-hybridized carbons (Fsp3) is 0.240. The van der Waals surface area contributed by atoms with E-state index in [9.17, 15) is 14.4 Å². The van der Waals surface area contributed by atoms with E-state index in [4.69, 9.17) is 9.47 Å². The number of para-hydroxylation sites is 1. The topological polar surface area (TPSA) is 97.5 Å². The van der Waals surface area contributed by atoms with Gasteiger partial charge in [0.2, 0.25) is 0 Å². The average molecular weight is 465 g/mol. The molecule has 8 heteroatoms. The number of aromatic amines is 1. The second-order valence-corrected chi connectivity index (χ2v) is 8.58. The molecule has 2 aromatic carbocycles. The minimum absolute atomic E-state index is 0.102. The van der Waals surface area contributed by atoms with E-state index in [-0.39, 0.29) is 18.6 Å². The molecule has 0 aliphatic carbocycles. The molecule has 0 saturated heterocycles. The van der Waals surface area contributed by atoms with Crippen LogP contribution in [-0.4, -0.2) is 30.1 Å².